The van der Waals surface area contributed by atoms with Crippen molar-refractivity contribution in [2.75, 3.05) is 13.7 Å². The van der Waals surface area contributed by atoms with E-state index in [1.807, 2.05) is 13.8 Å². The van der Waals surface area contributed by atoms with Crippen molar-refractivity contribution in [1.29, 1.82) is 0 Å². The molecule has 5 heteroatoms. The standard InChI is InChI=1S/C15H22FNO3/c1-4-10(2)13(18)9-17-15(19)8-11-5-6-14(20-3)12(16)7-11/h5-7,10,13,18H,4,8-9H2,1-3H3,(H,17,19). The maximum Gasteiger partial charge on any atom is 0.224 e. The maximum absolute atomic E-state index is 13.5. The van der Waals surface area contributed by atoms with Gasteiger partial charge in [0.2, 0.25) is 5.91 Å². The summed E-state index contributed by atoms with van der Waals surface area (Å²) in [6, 6.07) is 4.42. The van der Waals surface area contributed by atoms with E-state index in [1.54, 1.807) is 6.07 Å². The van der Waals surface area contributed by atoms with Crippen molar-refractivity contribution in [2.24, 2.45) is 5.92 Å². The van der Waals surface area contributed by atoms with Crippen LogP contribution in [-0.4, -0.2) is 30.8 Å². The first-order valence-corrected chi connectivity index (χ1v) is 6.75. The molecule has 0 aliphatic carbocycles. The van der Waals surface area contributed by atoms with Gasteiger partial charge in [0.05, 0.1) is 19.6 Å². The van der Waals surface area contributed by atoms with Crippen LogP contribution in [0.25, 0.3) is 0 Å². The highest BCUT2D eigenvalue weighted by Crippen LogP contribution is 2.17. The summed E-state index contributed by atoms with van der Waals surface area (Å²) in [5.74, 6) is -0.440. The van der Waals surface area contributed by atoms with E-state index >= 15 is 0 Å². The summed E-state index contributed by atoms with van der Waals surface area (Å²) in [5.41, 5.74) is 0.568. The second kappa shape index (κ2) is 7.85. The highest BCUT2D eigenvalue weighted by molar-refractivity contribution is 5.78. The lowest BCUT2D eigenvalue weighted by molar-refractivity contribution is -0.121. The molecular weight excluding hydrogens is 261 g/mol. The fourth-order valence-corrected chi connectivity index (χ4v) is 1.76. The lowest BCUT2D eigenvalue weighted by atomic mass is 10.0. The van der Waals surface area contributed by atoms with Crippen LogP contribution in [-0.2, 0) is 11.2 Å². The van der Waals surface area contributed by atoms with Gasteiger partial charge in [0.25, 0.3) is 0 Å². The molecule has 0 heterocycles. The van der Waals surface area contributed by atoms with Crippen LogP contribution in [0, 0.1) is 11.7 Å². The molecule has 1 amide bonds. The third-order valence-corrected chi connectivity index (χ3v) is 3.39. The van der Waals surface area contributed by atoms with Crippen LogP contribution in [0.15, 0.2) is 18.2 Å². The number of benzene rings is 1. The maximum atomic E-state index is 13.5. The molecule has 2 N–H and O–H groups in total. The Labute approximate surface area is 119 Å². The van der Waals surface area contributed by atoms with Gasteiger partial charge >= 0.3 is 0 Å². The summed E-state index contributed by atoms with van der Waals surface area (Å²) in [4.78, 5) is 11.7. The van der Waals surface area contributed by atoms with Gasteiger partial charge in [-0.05, 0) is 23.6 Å². The highest BCUT2D eigenvalue weighted by Gasteiger charge is 2.14. The molecule has 0 saturated carbocycles. The van der Waals surface area contributed by atoms with Crippen molar-refractivity contribution < 1.29 is 19.0 Å². The van der Waals surface area contributed by atoms with E-state index < -0.39 is 11.9 Å². The van der Waals surface area contributed by atoms with Crippen molar-refractivity contribution in [1.82, 2.24) is 5.32 Å². The number of halogens is 1. The van der Waals surface area contributed by atoms with Crippen molar-refractivity contribution in [3.8, 4) is 5.75 Å². The van der Waals surface area contributed by atoms with E-state index in [1.165, 1.54) is 19.2 Å². The molecule has 20 heavy (non-hydrogen) atoms. The molecule has 2 unspecified atom stereocenters. The zero-order valence-electron chi connectivity index (χ0n) is 12.1. The topological polar surface area (TPSA) is 58.6 Å². The van der Waals surface area contributed by atoms with E-state index in [4.69, 9.17) is 4.74 Å². The number of hydrogen-bond acceptors (Lipinski definition) is 3. The Morgan fingerprint density at radius 3 is 2.75 bits per heavy atom. The average molecular weight is 283 g/mol. The van der Waals surface area contributed by atoms with Crippen LogP contribution < -0.4 is 10.1 Å². The molecule has 0 bridgehead atoms. The van der Waals surface area contributed by atoms with Gasteiger partial charge in [0.15, 0.2) is 11.6 Å². The van der Waals surface area contributed by atoms with Gasteiger partial charge in [-0.25, -0.2) is 4.39 Å². The molecule has 0 aromatic heterocycles. The minimum absolute atomic E-state index is 0.0775. The number of aliphatic hydroxyl groups is 1. The molecule has 0 aliphatic rings. The smallest absolute Gasteiger partial charge is 0.224 e. The molecule has 1 aromatic rings. The minimum Gasteiger partial charge on any atom is -0.494 e. The third kappa shape index (κ3) is 4.81. The van der Waals surface area contributed by atoms with Crippen LogP contribution >= 0.6 is 0 Å². The predicted octanol–water partition coefficient (Wildman–Crippen LogP) is 1.90. The Bertz CT molecular complexity index is 451. The molecule has 0 radical (unpaired) electrons. The van der Waals surface area contributed by atoms with Crippen LogP contribution in [0.1, 0.15) is 25.8 Å². The average Bonchev–Trinajstić information content (AvgIpc) is 2.44. The quantitative estimate of drug-likeness (QED) is 0.803. The fourth-order valence-electron chi connectivity index (χ4n) is 1.76. The largest absolute Gasteiger partial charge is 0.494 e. The molecule has 2 atom stereocenters. The summed E-state index contributed by atoms with van der Waals surface area (Å²) in [5, 5.41) is 12.4. The first-order valence-electron chi connectivity index (χ1n) is 6.75. The molecule has 0 saturated heterocycles. The predicted molar refractivity (Wildman–Crippen MR) is 75.1 cm³/mol. The number of rotatable bonds is 7. The van der Waals surface area contributed by atoms with E-state index in [-0.39, 0.29) is 30.5 Å². The lowest BCUT2D eigenvalue weighted by Gasteiger charge is -2.17. The second-order valence-electron chi connectivity index (χ2n) is 4.90. The summed E-state index contributed by atoms with van der Waals surface area (Å²) in [7, 11) is 1.39. The van der Waals surface area contributed by atoms with Gasteiger partial charge < -0.3 is 15.2 Å². The van der Waals surface area contributed by atoms with Crippen molar-refractivity contribution in [3.63, 3.8) is 0 Å². The zero-order valence-corrected chi connectivity index (χ0v) is 12.1. The number of carbonyl (C=O) groups excluding carboxylic acids is 1. The van der Waals surface area contributed by atoms with Crippen LogP contribution in [0.5, 0.6) is 5.75 Å². The van der Waals surface area contributed by atoms with E-state index in [2.05, 4.69) is 5.32 Å². The number of carbonyl (C=O) groups is 1. The van der Waals surface area contributed by atoms with E-state index in [9.17, 15) is 14.3 Å². The Balaban J connectivity index is 2.48. The Hall–Kier alpha value is -1.62. The normalized spacial score (nSPS) is 13.7. The van der Waals surface area contributed by atoms with Crippen LogP contribution in [0.4, 0.5) is 4.39 Å². The Kier molecular flexibility index (Phi) is 6.45. The van der Waals surface area contributed by atoms with Crippen molar-refractivity contribution in [3.05, 3.63) is 29.6 Å². The summed E-state index contributed by atoms with van der Waals surface area (Å²) < 4.78 is 18.3. The highest BCUT2D eigenvalue weighted by atomic mass is 19.1. The molecule has 0 aliphatic heterocycles. The first-order chi connectivity index (χ1) is 9.47. The fraction of sp³-hybridized carbons (Fsp3) is 0.533. The minimum atomic E-state index is -0.559. The summed E-state index contributed by atoms with van der Waals surface area (Å²) in [6.07, 6.45) is 0.367. The van der Waals surface area contributed by atoms with Gasteiger partial charge in [-0.3, -0.25) is 4.79 Å². The zero-order chi connectivity index (χ0) is 15.1. The molecule has 1 rings (SSSR count). The number of nitrogens with one attached hydrogen (secondary N) is 1. The van der Waals surface area contributed by atoms with Crippen molar-refractivity contribution in [2.45, 2.75) is 32.8 Å². The number of amides is 1. The SMILES string of the molecule is CCC(C)C(O)CNC(=O)Cc1ccc(OC)c(F)c1. The van der Waals surface area contributed by atoms with Gasteiger partial charge in [-0.2, -0.15) is 0 Å². The molecule has 0 fully saturated rings. The van der Waals surface area contributed by atoms with E-state index in [0.717, 1.165) is 6.42 Å². The monoisotopic (exact) mass is 283 g/mol. The number of methoxy groups -OCH3 is 1. The van der Waals surface area contributed by atoms with Gasteiger partial charge in [-0.15, -0.1) is 0 Å². The third-order valence-electron chi connectivity index (χ3n) is 3.39. The summed E-state index contributed by atoms with van der Waals surface area (Å²) >= 11 is 0. The lowest BCUT2D eigenvalue weighted by Crippen LogP contribution is -2.36. The Morgan fingerprint density at radius 1 is 1.50 bits per heavy atom. The van der Waals surface area contributed by atoms with Gasteiger partial charge in [0, 0.05) is 6.54 Å². The number of ether oxygens (including phenoxy) is 1. The van der Waals surface area contributed by atoms with Crippen molar-refractivity contribution >= 4 is 5.91 Å². The summed E-state index contributed by atoms with van der Waals surface area (Å²) in [6.45, 7) is 4.12. The molecule has 0 spiro atoms. The molecule has 112 valence electrons. The molecular formula is C15H22FNO3. The Morgan fingerprint density at radius 2 is 2.20 bits per heavy atom. The number of aliphatic hydroxyl groups excluding tert-OH is 1. The first kappa shape index (κ1) is 16.4. The van der Waals surface area contributed by atoms with Gasteiger partial charge in [-0.1, -0.05) is 26.3 Å². The van der Waals surface area contributed by atoms with Gasteiger partial charge in [0.1, 0.15) is 0 Å². The molecule has 1 aromatic carbocycles. The molecule has 4 nitrogen and oxygen atoms in total. The number of hydrogen-bond donors (Lipinski definition) is 2. The van der Waals surface area contributed by atoms with E-state index in [0.29, 0.717) is 5.56 Å². The second-order valence-corrected chi connectivity index (χ2v) is 4.90. The van der Waals surface area contributed by atoms with Crippen LogP contribution in [0.2, 0.25) is 0 Å². The van der Waals surface area contributed by atoms with Crippen LogP contribution in [0.3, 0.4) is 0 Å².